The molecule has 3 nitrogen and oxygen atoms in total. The highest BCUT2D eigenvalue weighted by Crippen LogP contribution is 2.06. The van der Waals surface area contributed by atoms with E-state index in [1.165, 1.54) is 0 Å². The van der Waals surface area contributed by atoms with Crippen LogP contribution in [0.4, 0.5) is 0 Å². The molecule has 0 saturated carbocycles. The molecule has 0 aliphatic rings. The van der Waals surface area contributed by atoms with Gasteiger partial charge in [0.15, 0.2) is 6.23 Å². The molecule has 13 heavy (non-hydrogen) atoms. The summed E-state index contributed by atoms with van der Waals surface area (Å²) in [6.45, 7) is 7.50. The molecule has 0 aromatic heterocycles. The van der Waals surface area contributed by atoms with Crippen LogP contribution in [0.15, 0.2) is 11.1 Å². The molecule has 0 rings (SSSR count). The lowest BCUT2D eigenvalue weighted by Crippen LogP contribution is -2.27. The number of nitrogens with two attached hydrogens (primary N) is 1. The number of carbonyl (C=O) groups is 1. The molecule has 0 aromatic carbocycles. The first-order valence-electron chi connectivity index (χ1n) is 4.59. The van der Waals surface area contributed by atoms with Crippen LogP contribution in [0.5, 0.6) is 0 Å². The number of ether oxygens (including phenoxy) is 1. The summed E-state index contributed by atoms with van der Waals surface area (Å²) in [6, 6.07) is 0. The van der Waals surface area contributed by atoms with Crippen molar-refractivity contribution in [2.45, 2.75) is 46.8 Å². The molecule has 3 heteroatoms. The Balaban J connectivity index is 4.09. The van der Waals surface area contributed by atoms with E-state index < -0.39 is 6.23 Å². The molecule has 2 N–H and O–H groups in total. The minimum Gasteiger partial charge on any atom is -0.443 e. The lowest BCUT2D eigenvalue weighted by Gasteiger charge is -2.12. The van der Waals surface area contributed by atoms with Gasteiger partial charge in [0.05, 0.1) is 0 Å². The van der Waals surface area contributed by atoms with Crippen LogP contribution in [0.25, 0.3) is 0 Å². The third kappa shape index (κ3) is 4.68. The van der Waals surface area contributed by atoms with Crippen molar-refractivity contribution in [3.8, 4) is 0 Å². The van der Waals surface area contributed by atoms with E-state index in [0.29, 0.717) is 12.0 Å². The minimum absolute atomic E-state index is 0.305. The molecule has 0 aliphatic carbocycles. The van der Waals surface area contributed by atoms with Gasteiger partial charge in [0, 0.05) is 5.57 Å². The van der Waals surface area contributed by atoms with Gasteiger partial charge in [-0.3, -0.25) is 5.73 Å². The summed E-state index contributed by atoms with van der Waals surface area (Å²) in [4.78, 5) is 11.3. The Bertz CT molecular complexity index is 205. The van der Waals surface area contributed by atoms with Crippen LogP contribution in [0, 0.1) is 0 Å². The van der Waals surface area contributed by atoms with E-state index in [9.17, 15) is 4.79 Å². The van der Waals surface area contributed by atoms with Gasteiger partial charge in [-0.05, 0) is 27.2 Å². The van der Waals surface area contributed by atoms with Gasteiger partial charge in [-0.1, -0.05) is 18.9 Å². The molecular weight excluding hydrogens is 166 g/mol. The molecule has 0 radical (unpaired) electrons. The molecule has 0 bridgehead atoms. The molecule has 0 heterocycles. The van der Waals surface area contributed by atoms with Crippen LogP contribution < -0.4 is 5.73 Å². The van der Waals surface area contributed by atoms with Gasteiger partial charge in [0.2, 0.25) is 0 Å². The number of allylic oxidation sites excluding steroid dienone is 1. The second-order valence-electron chi connectivity index (χ2n) is 3.36. The fraction of sp³-hybridized carbons (Fsp3) is 0.700. The zero-order valence-electron chi connectivity index (χ0n) is 8.89. The standard InChI is InChI=1S/C10H19NO2/c1-5-6-9(11)13-10(12)8(4)7(2)3/h9H,5-6,11H2,1-4H3. The summed E-state index contributed by atoms with van der Waals surface area (Å²) in [7, 11) is 0. The van der Waals surface area contributed by atoms with E-state index in [1.54, 1.807) is 6.92 Å². The lowest BCUT2D eigenvalue weighted by atomic mass is 10.2. The van der Waals surface area contributed by atoms with Crippen molar-refractivity contribution in [2.24, 2.45) is 5.73 Å². The molecule has 1 atom stereocenters. The normalized spacial score (nSPS) is 12.1. The first kappa shape index (κ1) is 12.2. The van der Waals surface area contributed by atoms with E-state index in [-0.39, 0.29) is 5.97 Å². The summed E-state index contributed by atoms with van der Waals surface area (Å²) in [5, 5.41) is 0. The van der Waals surface area contributed by atoms with E-state index in [1.807, 2.05) is 20.8 Å². The van der Waals surface area contributed by atoms with E-state index in [0.717, 1.165) is 12.0 Å². The van der Waals surface area contributed by atoms with Gasteiger partial charge < -0.3 is 4.74 Å². The summed E-state index contributed by atoms with van der Waals surface area (Å²) in [5.74, 6) is -0.305. The molecule has 0 amide bonds. The largest absolute Gasteiger partial charge is 0.443 e. The van der Waals surface area contributed by atoms with E-state index in [4.69, 9.17) is 10.5 Å². The average Bonchev–Trinajstić information content (AvgIpc) is 2.03. The SMILES string of the molecule is CCCC(N)OC(=O)C(C)=C(C)C. The van der Waals surface area contributed by atoms with E-state index >= 15 is 0 Å². The predicted molar refractivity (Wildman–Crippen MR) is 53.0 cm³/mol. The lowest BCUT2D eigenvalue weighted by molar-refractivity contribution is -0.144. The molecule has 76 valence electrons. The first-order chi connectivity index (χ1) is 5.99. The van der Waals surface area contributed by atoms with E-state index in [2.05, 4.69) is 0 Å². The Labute approximate surface area is 79.9 Å². The molecule has 0 saturated heterocycles. The maximum atomic E-state index is 11.3. The van der Waals surface area contributed by atoms with Crippen molar-refractivity contribution < 1.29 is 9.53 Å². The van der Waals surface area contributed by atoms with Crippen LogP contribution in [-0.2, 0) is 9.53 Å². The molecule has 0 aliphatic heterocycles. The van der Waals surface area contributed by atoms with Crippen molar-refractivity contribution in [1.29, 1.82) is 0 Å². The monoisotopic (exact) mass is 185 g/mol. The van der Waals surface area contributed by atoms with Crippen LogP contribution in [0.2, 0.25) is 0 Å². The topological polar surface area (TPSA) is 52.3 Å². The summed E-state index contributed by atoms with van der Waals surface area (Å²) < 4.78 is 4.99. The third-order valence-electron chi connectivity index (χ3n) is 1.89. The van der Waals surface area contributed by atoms with Crippen molar-refractivity contribution >= 4 is 5.97 Å². The molecule has 0 spiro atoms. The van der Waals surface area contributed by atoms with Gasteiger partial charge >= 0.3 is 5.97 Å². The first-order valence-corrected chi connectivity index (χ1v) is 4.59. The van der Waals surface area contributed by atoms with Crippen molar-refractivity contribution in [3.05, 3.63) is 11.1 Å². The quantitative estimate of drug-likeness (QED) is 0.414. The van der Waals surface area contributed by atoms with Crippen LogP contribution in [0.3, 0.4) is 0 Å². The van der Waals surface area contributed by atoms with Gasteiger partial charge in [0.1, 0.15) is 0 Å². The Morgan fingerprint density at radius 1 is 1.38 bits per heavy atom. The summed E-state index contributed by atoms with van der Waals surface area (Å²) in [6.07, 6.45) is 1.16. The fourth-order valence-electron chi connectivity index (χ4n) is 0.773. The third-order valence-corrected chi connectivity index (χ3v) is 1.89. The molecule has 0 aromatic rings. The maximum absolute atomic E-state index is 11.3. The number of hydrogen-bond donors (Lipinski definition) is 1. The van der Waals surface area contributed by atoms with Crippen molar-refractivity contribution in [2.75, 3.05) is 0 Å². The number of rotatable bonds is 4. The summed E-state index contributed by atoms with van der Waals surface area (Å²) >= 11 is 0. The summed E-state index contributed by atoms with van der Waals surface area (Å²) in [5.41, 5.74) is 7.17. The Morgan fingerprint density at radius 2 is 1.92 bits per heavy atom. The smallest absolute Gasteiger partial charge is 0.335 e. The Kier molecular flexibility index (Phi) is 5.39. The van der Waals surface area contributed by atoms with Gasteiger partial charge in [0.25, 0.3) is 0 Å². The van der Waals surface area contributed by atoms with Crippen LogP contribution in [-0.4, -0.2) is 12.2 Å². The highest BCUT2D eigenvalue weighted by atomic mass is 16.6. The van der Waals surface area contributed by atoms with Crippen molar-refractivity contribution in [3.63, 3.8) is 0 Å². The second kappa shape index (κ2) is 5.75. The van der Waals surface area contributed by atoms with Gasteiger partial charge in [-0.2, -0.15) is 0 Å². The highest BCUT2D eigenvalue weighted by molar-refractivity contribution is 5.88. The maximum Gasteiger partial charge on any atom is 0.335 e. The zero-order valence-corrected chi connectivity index (χ0v) is 8.89. The number of carbonyl (C=O) groups excluding carboxylic acids is 1. The predicted octanol–water partition coefficient (Wildman–Crippen LogP) is 1.97. The highest BCUT2D eigenvalue weighted by Gasteiger charge is 2.11. The molecular formula is C10H19NO2. The Hall–Kier alpha value is -0.830. The van der Waals surface area contributed by atoms with Crippen molar-refractivity contribution in [1.82, 2.24) is 0 Å². The minimum atomic E-state index is -0.466. The fourth-order valence-corrected chi connectivity index (χ4v) is 0.773. The zero-order chi connectivity index (χ0) is 10.4. The molecule has 0 fully saturated rings. The molecule has 1 unspecified atom stereocenters. The average molecular weight is 185 g/mol. The Morgan fingerprint density at radius 3 is 2.31 bits per heavy atom. The second-order valence-corrected chi connectivity index (χ2v) is 3.36. The van der Waals surface area contributed by atoms with Gasteiger partial charge in [-0.25, -0.2) is 4.79 Å². The number of esters is 1. The van der Waals surface area contributed by atoms with Crippen LogP contribution >= 0.6 is 0 Å². The van der Waals surface area contributed by atoms with Crippen LogP contribution in [0.1, 0.15) is 40.5 Å². The number of hydrogen-bond acceptors (Lipinski definition) is 3. The van der Waals surface area contributed by atoms with Gasteiger partial charge in [-0.15, -0.1) is 0 Å².